The Bertz CT molecular complexity index is 467. The van der Waals surface area contributed by atoms with E-state index in [1.807, 2.05) is 12.1 Å². The Morgan fingerprint density at radius 1 is 0.917 bits per heavy atom. The molecule has 0 atom stereocenters. The molecule has 0 nitrogen and oxygen atoms in total. The number of halogens is 1. The van der Waals surface area contributed by atoms with Crippen molar-refractivity contribution >= 4 is 8.80 Å². The van der Waals surface area contributed by atoms with Crippen LogP contribution in [0.1, 0.15) is 82.6 Å². The first-order valence-corrected chi connectivity index (χ1v) is 12.8. The highest BCUT2D eigenvalue weighted by molar-refractivity contribution is 6.60. The fourth-order valence-electron chi connectivity index (χ4n) is 5.29. The molecule has 1 aliphatic carbocycles. The van der Waals surface area contributed by atoms with E-state index in [4.69, 9.17) is 0 Å². The minimum Gasteiger partial charge on any atom is -0.207 e. The summed E-state index contributed by atoms with van der Waals surface area (Å²) in [5, 5.41) is 0. The molecule has 0 radical (unpaired) electrons. The van der Waals surface area contributed by atoms with Crippen LogP contribution in [-0.4, -0.2) is 8.80 Å². The minimum absolute atomic E-state index is 0.0995. The molecule has 2 heteroatoms. The van der Waals surface area contributed by atoms with Gasteiger partial charge >= 0.3 is 0 Å². The van der Waals surface area contributed by atoms with Gasteiger partial charge in [0.05, 0.1) is 0 Å². The molecule has 2 fully saturated rings. The van der Waals surface area contributed by atoms with Crippen molar-refractivity contribution in [2.45, 2.75) is 94.7 Å². The van der Waals surface area contributed by atoms with E-state index in [9.17, 15) is 4.39 Å². The molecule has 0 bridgehead atoms. The van der Waals surface area contributed by atoms with Gasteiger partial charge < -0.3 is 0 Å². The van der Waals surface area contributed by atoms with Crippen LogP contribution < -0.4 is 0 Å². The smallest absolute Gasteiger partial charge is 0.123 e. The molecule has 1 aromatic rings. The summed E-state index contributed by atoms with van der Waals surface area (Å²) in [7, 11) is -0.514. The Morgan fingerprint density at radius 2 is 1.58 bits per heavy atom. The third kappa shape index (κ3) is 4.94. The van der Waals surface area contributed by atoms with E-state index in [0.717, 1.165) is 11.5 Å². The summed E-state index contributed by atoms with van der Waals surface area (Å²) >= 11 is 0. The number of hydrogen-bond acceptors (Lipinski definition) is 0. The monoisotopic (exact) mass is 346 g/mol. The third-order valence-corrected chi connectivity index (χ3v) is 11.0. The molecule has 3 rings (SSSR count). The van der Waals surface area contributed by atoms with Gasteiger partial charge in [-0.2, -0.15) is 0 Å². The number of benzene rings is 1. The Labute approximate surface area is 149 Å². The van der Waals surface area contributed by atoms with E-state index in [0.29, 0.717) is 5.92 Å². The van der Waals surface area contributed by atoms with E-state index < -0.39 is 8.80 Å². The van der Waals surface area contributed by atoms with Crippen LogP contribution in [-0.2, 0) is 0 Å². The van der Waals surface area contributed by atoms with Crippen LogP contribution in [0.2, 0.25) is 17.6 Å². The van der Waals surface area contributed by atoms with Crippen LogP contribution >= 0.6 is 0 Å². The quantitative estimate of drug-likeness (QED) is 0.381. The number of hydrogen-bond donors (Lipinski definition) is 0. The minimum atomic E-state index is -0.514. The molecule has 0 unspecified atom stereocenters. The maximum atomic E-state index is 13.1. The molecule has 0 aromatic heterocycles. The van der Waals surface area contributed by atoms with Gasteiger partial charge in [-0.3, -0.25) is 0 Å². The Morgan fingerprint density at radius 3 is 2.21 bits per heavy atom. The van der Waals surface area contributed by atoms with Gasteiger partial charge in [-0.1, -0.05) is 82.5 Å². The first-order chi connectivity index (χ1) is 11.8. The fraction of sp³-hybridized carbons (Fsp3) is 0.727. The Balaban J connectivity index is 1.40. The lowest BCUT2D eigenvalue weighted by atomic mass is 9.85. The average Bonchev–Trinajstić information content (AvgIpc) is 2.63. The van der Waals surface area contributed by atoms with Crippen molar-refractivity contribution in [2.75, 3.05) is 0 Å². The van der Waals surface area contributed by atoms with Gasteiger partial charge in [-0.15, -0.1) is 0 Å². The van der Waals surface area contributed by atoms with Gasteiger partial charge in [0, 0.05) is 8.80 Å². The lowest BCUT2D eigenvalue weighted by Crippen LogP contribution is -2.29. The SMILES string of the molecule is CCCCCC1CCC([SiH]2CCC(c3ccc(F)cc3)CC2)CC1. The predicted molar refractivity (Wildman–Crippen MR) is 105 cm³/mol. The first kappa shape index (κ1) is 18.2. The molecule has 0 spiro atoms. The van der Waals surface area contributed by atoms with E-state index in [1.165, 1.54) is 69.0 Å². The Hall–Kier alpha value is -0.633. The van der Waals surface area contributed by atoms with Gasteiger partial charge in [-0.25, -0.2) is 4.39 Å². The van der Waals surface area contributed by atoms with Crippen LogP contribution in [0, 0.1) is 11.7 Å². The molecule has 1 aromatic carbocycles. The molecule has 2 aliphatic rings. The van der Waals surface area contributed by atoms with Crippen molar-refractivity contribution in [3.05, 3.63) is 35.6 Å². The molecule has 0 amide bonds. The molecule has 1 heterocycles. The molecular weight excluding hydrogens is 311 g/mol. The van der Waals surface area contributed by atoms with Gasteiger partial charge in [0.15, 0.2) is 0 Å². The lowest BCUT2D eigenvalue weighted by Gasteiger charge is -2.37. The van der Waals surface area contributed by atoms with E-state index in [2.05, 4.69) is 6.92 Å². The van der Waals surface area contributed by atoms with Crippen molar-refractivity contribution in [2.24, 2.45) is 5.92 Å². The lowest BCUT2D eigenvalue weighted by molar-refractivity contribution is 0.325. The van der Waals surface area contributed by atoms with E-state index in [-0.39, 0.29) is 5.82 Å². The molecular formula is C22H35FSi. The molecule has 24 heavy (non-hydrogen) atoms. The predicted octanol–water partition coefficient (Wildman–Crippen LogP) is 7.07. The van der Waals surface area contributed by atoms with E-state index in [1.54, 1.807) is 25.0 Å². The normalized spacial score (nSPS) is 31.1. The second kappa shape index (κ2) is 9.17. The fourth-order valence-corrected chi connectivity index (χ4v) is 9.51. The van der Waals surface area contributed by atoms with Crippen LogP contribution in [0.25, 0.3) is 0 Å². The summed E-state index contributed by atoms with van der Waals surface area (Å²) in [5.41, 5.74) is 2.52. The summed E-state index contributed by atoms with van der Waals surface area (Å²) in [6, 6.07) is 10.4. The third-order valence-electron chi connectivity index (χ3n) is 6.89. The van der Waals surface area contributed by atoms with Gasteiger partial charge in [0.2, 0.25) is 0 Å². The molecule has 1 saturated carbocycles. The highest BCUT2D eigenvalue weighted by atomic mass is 28.3. The zero-order valence-corrected chi connectivity index (χ0v) is 16.6. The highest BCUT2D eigenvalue weighted by Gasteiger charge is 2.32. The van der Waals surface area contributed by atoms with Gasteiger partial charge in [0.1, 0.15) is 5.82 Å². The maximum absolute atomic E-state index is 13.1. The molecule has 1 aliphatic heterocycles. The summed E-state index contributed by atoms with van der Waals surface area (Å²) < 4.78 is 13.1. The van der Waals surface area contributed by atoms with Gasteiger partial charge in [-0.05, 0) is 47.9 Å². The van der Waals surface area contributed by atoms with Crippen LogP contribution in [0.5, 0.6) is 0 Å². The van der Waals surface area contributed by atoms with E-state index >= 15 is 0 Å². The van der Waals surface area contributed by atoms with Crippen molar-refractivity contribution < 1.29 is 4.39 Å². The van der Waals surface area contributed by atoms with Crippen LogP contribution in [0.4, 0.5) is 4.39 Å². The Kier molecular flexibility index (Phi) is 6.94. The van der Waals surface area contributed by atoms with Gasteiger partial charge in [0.25, 0.3) is 0 Å². The highest BCUT2D eigenvalue weighted by Crippen LogP contribution is 2.43. The average molecular weight is 347 g/mol. The summed E-state index contributed by atoms with van der Waals surface area (Å²) in [6.45, 7) is 2.31. The van der Waals surface area contributed by atoms with Crippen molar-refractivity contribution in [1.29, 1.82) is 0 Å². The second-order valence-electron chi connectivity index (χ2n) is 8.44. The standard InChI is InChI=1S/C22H35FSi/c1-2-3-4-5-18-6-12-22(13-7-18)24-16-14-20(15-17-24)19-8-10-21(23)11-9-19/h8-11,18,20,22,24H,2-7,12-17H2,1H3. The zero-order chi connectivity index (χ0) is 16.8. The maximum Gasteiger partial charge on any atom is 0.123 e. The van der Waals surface area contributed by atoms with Crippen LogP contribution in [0.3, 0.4) is 0 Å². The molecule has 0 N–H and O–H groups in total. The largest absolute Gasteiger partial charge is 0.207 e. The summed E-state index contributed by atoms with van der Waals surface area (Å²) in [6.07, 6.45) is 14.7. The summed E-state index contributed by atoms with van der Waals surface area (Å²) in [4.78, 5) is 0. The molecule has 1 saturated heterocycles. The number of rotatable bonds is 6. The zero-order valence-electron chi connectivity index (χ0n) is 15.5. The summed E-state index contributed by atoms with van der Waals surface area (Å²) in [5.74, 6) is 1.66. The van der Waals surface area contributed by atoms with Crippen molar-refractivity contribution in [1.82, 2.24) is 0 Å². The van der Waals surface area contributed by atoms with Crippen molar-refractivity contribution in [3.63, 3.8) is 0 Å². The molecule has 134 valence electrons. The topological polar surface area (TPSA) is 0 Å². The van der Waals surface area contributed by atoms with Crippen LogP contribution in [0.15, 0.2) is 24.3 Å². The first-order valence-electron chi connectivity index (χ1n) is 10.5. The number of unbranched alkanes of at least 4 members (excludes halogenated alkanes) is 2. The second-order valence-corrected chi connectivity index (χ2v) is 12.1. The van der Waals surface area contributed by atoms with Crippen molar-refractivity contribution in [3.8, 4) is 0 Å².